The van der Waals surface area contributed by atoms with Crippen LogP contribution in [0.5, 0.6) is 0 Å². The first-order chi connectivity index (χ1) is 14.4. The first-order valence-electron chi connectivity index (χ1n) is 10.5. The molecule has 1 aliphatic carbocycles. The smallest absolute Gasteiger partial charge is 0.267 e. The van der Waals surface area contributed by atoms with Gasteiger partial charge in [0.15, 0.2) is 0 Å². The van der Waals surface area contributed by atoms with Crippen LogP contribution in [0.25, 0.3) is 0 Å². The van der Waals surface area contributed by atoms with Crippen LogP contribution in [0.4, 0.5) is 4.39 Å². The van der Waals surface area contributed by atoms with Crippen LogP contribution in [0.3, 0.4) is 0 Å². The number of primary amides is 2. The zero-order chi connectivity index (χ0) is 21.3. The number of nitrogens with zero attached hydrogens (tertiary/aromatic N) is 1. The zero-order valence-corrected chi connectivity index (χ0v) is 16.9. The highest BCUT2D eigenvalue weighted by atomic mass is 19.1. The lowest BCUT2D eigenvalue weighted by Crippen LogP contribution is -2.44. The Morgan fingerprint density at radius 1 is 1.13 bits per heavy atom. The van der Waals surface area contributed by atoms with E-state index in [-0.39, 0.29) is 17.9 Å². The summed E-state index contributed by atoms with van der Waals surface area (Å²) in [6.07, 6.45) is 4.18. The molecule has 2 amide bonds. The highest BCUT2D eigenvalue weighted by Crippen LogP contribution is 2.45. The van der Waals surface area contributed by atoms with Crippen molar-refractivity contribution in [3.05, 3.63) is 64.2 Å². The Balaban J connectivity index is 1.82. The molecule has 0 spiro atoms. The Kier molecular flexibility index (Phi) is 5.56. The predicted molar refractivity (Wildman–Crippen MR) is 112 cm³/mol. The van der Waals surface area contributed by atoms with Crippen LogP contribution in [0, 0.1) is 5.82 Å². The van der Waals surface area contributed by atoms with Gasteiger partial charge in [-0.3, -0.25) is 9.59 Å². The Bertz CT molecular complexity index is 964. The fourth-order valence-corrected chi connectivity index (χ4v) is 4.62. The van der Waals surface area contributed by atoms with E-state index in [0.717, 1.165) is 48.3 Å². The minimum Gasteiger partial charge on any atom is -0.370 e. The largest absolute Gasteiger partial charge is 0.370 e. The molecule has 2 fully saturated rings. The van der Waals surface area contributed by atoms with E-state index in [1.54, 1.807) is 12.1 Å². The van der Waals surface area contributed by atoms with Gasteiger partial charge in [-0.1, -0.05) is 18.2 Å². The maximum absolute atomic E-state index is 13.3. The molecule has 5 N–H and O–H groups in total. The summed E-state index contributed by atoms with van der Waals surface area (Å²) < 4.78 is 13.3. The van der Waals surface area contributed by atoms with Crippen molar-refractivity contribution in [2.45, 2.75) is 49.9 Å². The summed E-state index contributed by atoms with van der Waals surface area (Å²) in [5.41, 5.74) is 14.6. The number of nitrogens with two attached hydrogens (primary N) is 2. The number of piperidine rings is 1. The molecule has 6 nitrogen and oxygen atoms in total. The van der Waals surface area contributed by atoms with Crippen molar-refractivity contribution in [2.24, 2.45) is 11.5 Å². The lowest BCUT2D eigenvalue weighted by Gasteiger charge is -2.38. The van der Waals surface area contributed by atoms with Gasteiger partial charge in [-0.05, 0) is 73.5 Å². The van der Waals surface area contributed by atoms with E-state index < -0.39 is 17.2 Å². The zero-order valence-electron chi connectivity index (χ0n) is 16.9. The molecule has 1 aliphatic heterocycles. The maximum atomic E-state index is 13.3. The number of carbonyl (C=O) groups excluding carboxylic acids is 2. The summed E-state index contributed by atoms with van der Waals surface area (Å²) in [5.74, 6) is -0.895. The van der Waals surface area contributed by atoms with Gasteiger partial charge in [0.1, 0.15) is 11.5 Å². The highest BCUT2D eigenvalue weighted by molar-refractivity contribution is 5.93. The van der Waals surface area contributed by atoms with Gasteiger partial charge < -0.3 is 16.8 Å². The van der Waals surface area contributed by atoms with Crippen LogP contribution in [-0.2, 0) is 16.6 Å². The maximum Gasteiger partial charge on any atom is 0.267 e. The summed E-state index contributed by atoms with van der Waals surface area (Å²) in [6.45, 7) is 1.48. The molecule has 0 unspecified atom stereocenters. The molecular weight excluding hydrogens is 383 g/mol. The Morgan fingerprint density at radius 2 is 1.80 bits per heavy atom. The third-order valence-electron chi connectivity index (χ3n) is 6.31. The Labute approximate surface area is 175 Å². The van der Waals surface area contributed by atoms with E-state index in [1.807, 2.05) is 0 Å². The first kappa shape index (κ1) is 20.5. The van der Waals surface area contributed by atoms with Gasteiger partial charge >= 0.3 is 0 Å². The molecule has 4 rings (SSSR count). The van der Waals surface area contributed by atoms with Gasteiger partial charge in [-0.2, -0.15) is 0 Å². The van der Waals surface area contributed by atoms with Gasteiger partial charge in [0.05, 0.1) is 0 Å². The molecule has 2 aliphatic rings. The molecule has 1 aromatic heterocycles. The number of hydrogen-bond acceptors (Lipinski definition) is 4. The summed E-state index contributed by atoms with van der Waals surface area (Å²) in [6, 6.07) is 8.36. The summed E-state index contributed by atoms with van der Waals surface area (Å²) in [5, 5.41) is 3.31. The van der Waals surface area contributed by atoms with Gasteiger partial charge in [0, 0.05) is 24.0 Å². The van der Waals surface area contributed by atoms with E-state index in [9.17, 15) is 14.0 Å². The number of carbonyl (C=O) groups is 2. The minimum atomic E-state index is -0.602. The lowest BCUT2D eigenvalue weighted by molar-refractivity contribution is -0.119. The molecule has 2 aromatic rings. The molecule has 1 saturated carbocycles. The van der Waals surface area contributed by atoms with Crippen LogP contribution in [0.2, 0.25) is 0 Å². The second-order valence-electron chi connectivity index (χ2n) is 8.54. The van der Waals surface area contributed by atoms with E-state index >= 15 is 0 Å². The van der Waals surface area contributed by atoms with E-state index in [0.29, 0.717) is 25.2 Å². The van der Waals surface area contributed by atoms with Crippen molar-refractivity contribution < 1.29 is 14.0 Å². The predicted octanol–water partition coefficient (Wildman–Crippen LogP) is 2.28. The fourth-order valence-electron chi connectivity index (χ4n) is 4.62. The molecule has 0 bridgehead atoms. The highest BCUT2D eigenvalue weighted by Gasteiger charge is 2.40. The number of pyridine rings is 1. The number of rotatable bonds is 7. The van der Waals surface area contributed by atoms with Gasteiger partial charge in [-0.15, -0.1) is 0 Å². The van der Waals surface area contributed by atoms with Crippen molar-refractivity contribution >= 4 is 11.8 Å². The number of aromatic nitrogens is 1. The number of halogens is 1. The van der Waals surface area contributed by atoms with E-state index in [1.165, 1.54) is 12.1 Å². The minimum absolute atomic E-state index is 0.165. The first-order valence-corrected chi connectivity index (χ1v) is 10.5. The average Bonchev–Trinajstić information content (AvgIpc) is 3.54. The van der Waals surface area contributed by atoms with Crippen LogP contribution in [-0.4, -0.2) is 29.9 Å². The Hall–Kier alpha value is -2.80. The number of hydrogen-bond donors (Lipinski definition) is 3. The SMILES string of the molecule is NC(=O)CC1(c2cc(C3CC3)c(Cc3ccc(F)cc3)nc2C(N)=O)CCNCC1. The number of amides is 2. The molecular formula is C23H27FN4O2. The third kappa shape index (κ3) is 4.21. The quantitative estimate of drug-likeness (QED) is 0.650. The molecule has 0 atom stereocenters. The van der Waals surface area contributed by atoms with Gasteiger partial charge in [-0.25, -0.2) is 9.37 Å². The summed E-state index contributed by atoms with van der Waals surface area (Å²) >= 11 is 0. The normalized spacial score (nSPS) is 18.2. The monoisotopic (exact) mass is 410 g/mol. The summed E-state index contributed by atoms with van der Waals surface area (Å²) in [7, 11) is 0. The second-order valence-corrected chi connectivity index (χ2v) is 8.54. The van der Waals surface area contributed by atoms with Crippen molar-refractivity contribution in [3.63, 3.8) is 0 Å². The molecule has 2 heterocycles. The molecule has 158 valence electrons. The van der Waals surface area contributed by atoms with Crippen molar-refractivity contribution in [3.8, 4) is 0 Å². The van der Waals surface area contributed by atoms with Crippen LogP contribution in [0.1, 0.15) is 70.9 Å². The van der Waals surface area contributed by atoms with Crippen LogP contribution in [0.15, 0.2) is 30.3 Å². The third-order valence-corrected chi connectivity index (χ3v) is 6.31. The number of nitrogens with one attached hydrogen (secondary N) is 1. The molecule has 7 heteroatoms. The summed E-state index contributed by atoms with van der Waals surface area (Å²) in [4.78, 5) is 29.1. The average molecular weight is 410 g/mol. The topological polar surface area (TPSA) is 111 Å². The van der Waals surface area contributed by atoms with E-state index in [4.69, 9.17) is 16.5 Å². The number of benzene rings is 1. The van der Waals surface area contributed by atoms with Crippen molar-refractivity contribution in [1.82, 2.24) is 10.3 Å². The van der Waals surface area contributed by atoms with Gasteiger partial charge in [0.2, 0.25) is 5.91 Å². The lowest BCUT2D eigenvalue weighted by atomic mass is 9.69. The molecule has 1 aromatic carbocycles. The van der Waals surface area contributed by atoms with E-state index in [2.05, 4.69) is 11.4 Å². The molecule has 1 saturated heterocycles. The van der Waals surface area contributed by atoms with Crippen LogP contribution < -0.4 is 16.8 Å². The standard InChI is InChI=1S/C23H27FN4O2/c24-16-5-1-14(2-6-16)11-19-17(15-3-4-15)12-18(21(28-19)22(26)30)23(13-20(25)29)7-9-27-10-8-23/h1-2,5-6,12,15,27H,3-4,7-11,13H2,(H2,25,29)(H2,26,30). The van der Waals surface area contributed by atoms with Crippen molar-refractivity contribution in [2.75, 3.05) is 13.1 Å². The molecule has 30 heavy (non-hydrogen) atoms. The second kappa shape index (κ2) is 8.14. The van der Waals surface area contributed by atoms with Gasteiger partial charge in [0.25, 0.3) is 5.91 Å². The Morgan fingerprint density at radius 3 is 2.37 bits per heavy atom. The fraction of sp³-hybridized carbons (Fsp3) is 0.435. The van der Waals surface area contributed by atoms with Crippen molar-refractivity contribution in [1.29, 1.82) is 0 Å². The van der Waals surface area contributed by atoms with Crippen LogP contribution >= 0.6 is 0 Å². The molecule has 0 radical (unpaired) electrons.